The molecule has 122 valence electrons. The van der Waals surface area contributed by atoms with Crippen LogP contribution in [0.1, 0.15) is 36.5 Å². The Labute approximate surface area is 137 Å². The molecule has 1 fully saturated rings. The second kappa shape index (κ2) is 7.71. The van der Waals surface area contributed by atoms with Gasteiger partial charge in [-0.15, -0.1) is 0 Å². The van der Waals surface area contributed by atoms with Crippen LogP contribution in [-0.2, 0) is 6.54 Å². The van der Waals surface area contributed by atoms with Crippen molar-refractivity contribution >= 4 is 0 Å². The molecule has 3 rings (SSSR count). The molecular formula is C20H24FNO. The first-order valence-electron chi connectivity index (χ1n) is 8.40. The van der Waals surface area contributed by atoms with Crippen molar-refractivity contribution < 1.29 is 9.50 Å². The van der Waals surface area contributed by atoms with E-state index in [0.717, 1.165) is 38.0 Å². The molecule has 1 N–H and O–H groups in total. The van der Waals surface area contributed by atoms with E-state index < -0.39 is 6.10 Å². The van der Waals surface area contributed by atoms with Crippen molar-refractivity contribution in [3.05, 3.63) is 71.5 Å². The molecule has 2 atom stereocenters. The molecule has 0 amide bonds. The van der Waals surface area contributed by atoms with Crippen LogP contribution in [0, 0.1) is 11.7 Å². The zero-order valence-corrected chi connectivity index (χ0v) is 13.4. The number of hydrogen-bond donors (Lipinski definition) is 1. The van der Waals surface area contributed by atoms with Gasteiger partial charge < -0.3 is 5.11 Å². The number of likely N-dealkylation sites (tertiary alicyclic amines) is 1. The average Bonchev–Trinajstić information content (AvgIpc) is 2.57. The van der Waals surface area contributed by atoms with Gasteiger partial charge in [0, 0.05) is 13.1 Å². The van der Waals surface area contributed by atoms with Crippen LogP contribution >= 0.6 is 0 Å². The summed E-state index contributed by atoms with van der Waals surface area (Å²) >= 11 is 0. The van der Waals surface area contributed by atoms with Crippen LogP contribution in [-0.4, -0.2) is 23.1 Å². The third-order valence-corrected chi connectivity index (χ3v) is 4.66. The highest BCUT2D eigenvalue weighted by molar-refractivity contribution is 5.18. The lowest BCUT2D eigenvalue weighted by atomic mass is 9.90. The topological polar surface area (TPSA) is 23.5 Å². The quantitative estimate of drug-likeness (QED) is 0.896. The van der Waals surface area contributed by atoms with Crippen molar-refractivity contribution in [2.24, 2.45) is 5.92 Å². The molecule has 3 heteroatoms. The molecule has 1 heterocycles. The first kappa shape index (κ1) is 16.2. The van der Waals surface area contributed by atoms with E-state index in [-0.39, 0.29) is 5.82 Å². The Kier molecular flexibility index (Phi) is 5.42. The van der Waals surface area contributed by atoms with Gasteiger partial charge in [-0.05, 0) is 55.0 Å². The van der Waals surface area contributed by atoms with E-state index in [1.807, 2.05) is 6.07 Å². The molecular weight excluding hydrogens is 289 g/mol. The molecule has 0 spiro atoms. The first-order valence-corrected chi connectivity index (χ1v) is 8.40. The Bertz CT molecular complexity index is 599. The number of aliphatic hydroxyl groups is 1. The van der Waals surface area contributed by atoms with Gasteiger partial charge in [0.05, 0.1) is 6.10 Å². The zero-order valence-electron chi connectivity index (χ0n) is 13.4. The molecule has 2 aromatic carbocycles. The van der Waals surface area contributed by atoms with Gasteiger partial charge in [-0.1, -0.05) is 42.5 Å². The Morgan fingerprint density at radius 1 is 1.09 bits per heavy atom. The monoisotopic (exact) mass is 313 g/mol. The summed E-state index contributed by atoms with van der Waals surface area (Å²) in [5.74, 6) is 0.236. The van der Waals surface area contributed by atoms with Crippen molar-refractivity contribution in [1.29, 1.82) is 0 Å². The highest BCUT2D eigenvalue weighted by Crippen LogP contribution is 2.28. The van der Waals surface area contributed by atoms with Crippen LogP contribution in [0.5, 0.6) is 0 Å². The molecule has 0 unspecified atom stereocenters. The minimum Gasteiger partial charge on any atom is -0.388 e. The highest BCUT2D eigenvalue weighted by Gasteiger charge is 2.23. The number of piperidine rings is 1. The summed E-state index contributed by atoms with van der Waals surface area (Å²) in [5.41, 5.74) is 2.15. The largest absolute Gasteiger partial charge is 0.388 e. The molecule has 1 aliphatic rings. The van der Waals surface area contributed by atoms with Gasteiger partial charge in [0.25, 0.3) is 0 Å². The van der Waals surface area contributed by atoms with Gasteiger partial charge in [-0.2, -0.15) is 0 Å². The number of hydrogen-bond acceptors (Lipinski definition) is 2. The zero-order chi connectivity index (χ0) is 16.1. The molecule has 0 aliphatic carbocycles. The highest BCUT2D eigenvalue weighted by atomic mass is 19.1. The van der Waals surface area contributed by atoms with E-state index in [1.165, 1.54) is 24.1 Å². The minimum absolute atomic E-state index is 0.257. The Hall–Kier alpha value is -1.71. The van der Waals surface area contributed by atoms with Crippen LogP contribution in [0.25, 0.3) is 0 Å². The number of aliphatic hydroxyl groups excluding tert-OH is 1. The van der Waals surface area contributed by atoms with Crippen LogP contribution in [0.3, 0.4) is 0 Å². The van der Waals surface area contributed by atoms with Gasteiger partial charge >= 0.3 is 0 Å². The van der Waals surface area contributed by atoms with Crippen molar-refractivity contribution in [2.75, 3.05) is 13.1 Å². The van der Waals surface area contributed by atoms with Gasteiger partial charge in [0.15, 0.2) is 0 Å². The first-order chi connectivity index (χ1) is 11.2. The third-order valence-electron chi connectivity index (χ3n) is 4.66. The number of halogens is 1. The van der Waals surface area contributed by atoms with E-state index in [4.69, 9.17) is 0 Å². The van der Waals surface area contributed by atoms with Crippen LogP contribution in [0.4, 0.5) is 4.39 Å². The molecule has 1 saturated heterocycles. The lowest BCUT2D eigenvalue weighted by molar-refractivity contribution is 0.0977. The Balaban J connectivity index is 1.55. The maximum absolute atomic E-state index is 13.0. The number of rotatable bonds is 5. The summed E-state index contributed by atoms with van der Waals surface area (Å²) < 4.78 is 13.0. The molecule has 0 radical (unpaired) electrons. The van der Waals surface area contributed by atoms with Gasteiger partial charge in [0.1, 0.15) is 5.82 Å². The minimum atomic E-state index is -0.503. The summed E-state index contributed by atoms with van der Waals surface area (Å²) in [7, 11) is 0. The summed E-state index contributed by atoms with van der Waals surface area (Å²) in [4.78, 5) is 2.47. The molecule has 1 aliphatic heterocycles. The lowest BCUT2D eigenvalue weighted by Gasteiger charge is -2.33. The predicted octanol–water partition coefficient (Wildman–Crippen LogP) is 4.16. The number of nitrogens with zero attached hydrogens (tertiary/aromatic N) is 1. The molecule has 2 nitrogen and oxygen atoms in total. The standard InChI is InChI=1S/C20H24FNO/c21-19-10-8-18(9-11-19)20(23)13-17-7-4-12-22(15-17)14-16-5-2-1-3-6-16/h1-3,5-6,8-11,17,20,23H,4,7,12-15H2/t17-,20-/m0/s1. The Morgan fingerprint density at radius 2 is 1.83 bits per heavy atom. The normalized spacial score (nSPS) is 20.3. The van der Waals surface area contributed by atoms with Crippen LogP contribution in [0.15, 0.2) is 54.6 Å². The average molecular weight is 313 g/mol. The molecule has 2 aromatic rings. The fraction of sp³-hybridized carbons (Fsp3) is 0.400. The third kappa shape index (κ3) is 4.63. The smallest absolute Gasteiger partial charge is 0.123 e. The number of benzene rings is 2. The summed E-state index contributed by atoms with van der Waals surface area (Å²) in [6.07, 6.45) is 2.57. The maximum Gasteiger partial charge on any atom is 0.123 e. The lowest BCUT2D eigenvalue weighted by Crippen LogP contribution is -2.35. The predicted molar refractivity (Wildman–Crippen MR) is 90.4 cm³/mol. The van der Waals surface area contributed by atoms with E-state index in [0.29, 0.717) is 5.92 Å². The summed E-state index contributed by atoms with van der Waals surface area (Å²) in [6, 6.07) is 16.7. The van der Waals surface area contributed by atoms with Gasteiger partial charge in [-0.25, -0.2) is 4.39 Å². The van der Waals surface area contributed by atoms with Crippen molar-refractivity contribution in [1.82, 2.24) is 4.90 Å². The maximum atomic E-state index is 13.0. The fourth-order valence-electron chi connectivity index (χ4n) is 3.47. The molecule has 0 aromatic heterocycles. The van der Waals surface area contributed by atoms with E-state index >= 15 is 0 Å². The van der Waals surface area contributed by atoms with Crippen LogP contribution in [0.2, 0.25) is 0 Å². The summed E-state index contributed by atoms with van der Waals surface area (Å²) in [6.45, 7) is 3.12. The molecule has 0 bridgehead atoms. The van der Waals surface area contributed by atoms with Crippen molar-refractivity contribution in [2.45, 2.75) is 31.9 Å². The second-order valence-electron chi connectivity index (χ2n) is 6.53. The Morgan fingerprint density at radius 3 is 2.57 bits per heavy atom. The van der Waals surface area contributed by atoms with Gasteiger partial charge in [0.2, 0.25) is 0 Å². The van der Waals surface area contributed by atoms with Gasteiger partial charge in [-0.3, -0.25) is 4.90 Å². The van der Waals surface area contributed by atoms with E-state index in [9.17, 15) is 9.50 Å². The van der Waals surface area contributed by atoms with E-state index in [1.54, 1.807) is 12.1 Å². The van der Waals surface area contributed by atoms with E-state index in [2.05, 4.69) is 29.2 Å². The van der Waals surface area contributed by atoms with Crippen molar-refractivity contribution in [3.63, 3.8) is 0 Å². The fourth-order valence-corrected chi connectivity index (χ4v) is 3.47. The molecule has 0 saturated carbocycles. The van der Waals surface area contributed by atoms with Crippen LogP contribution < -0.4 is 0 Å². The van der Waals surface area contributed by atoms with Crippen molar-refractivity contribution in [3.8, 4) is 0 Å². The SMILES string of the molecule is O[C@@H](C[C@@H]1CCCN(Cc2ccccc2)C1)c1ccc(F)cc1. The second-order valence-corrected chi connectivity index (χ2v) is 6.53. The summed E-state index contributed by atoms with van der Waals surface area (Å²) in [5, 5.41) is 10.4. The molecule has 23 heavy (non-hydrogen) atoms.